The summed E-state index contributed by atoms with van der Waals surface area (Å²) < 4.78 is 29.4. The van der Waals surface area contributed by atoms with Crippen LogP contribution in [0.2, 0.25) is 0 Å². The van der Waals surface area contributed by atoms with Crippen LogP contribution in [-0.2, 0) is 9.84 Å². The zero-order valence-corrected chi connectivity index (χ0v) is 10.9. The minimum Gasteiger partial charge on any atom is -0.497 e. The summed E-state index contributed by atoms with van der Waals surface area (Å²) in [5.74, 6) is 1.17. The Hall–Kier alpha value is -1.07. The summed E-state index contributed by atoms with van der Waals surface area (Å²) in [5.41, 5.74) is 0.747. The van der Waals surface area contributed by atoms with E-state index < -0.39 is 9.84 Å². The van der Waals surface area contributed by atoms with Crippen molar-refractivity contribution in [3.63, 3.8) is 0 Å². The molecule has 17 heavy (non-hydrogen) atoms. The molecule has 2 rings (SSSR count). The molecule has 0 aromatic heterocycles. The molecule has 0 aliphatic carbocycles. The van der Waals surface area contributed by atoms with Crippen molar-refractivity contribution >= 4 is 9.84 Å². The van der Waals surface area contributed by atoms with Gasteiger partial charge in [0, 0.05) is 13.1 Å². The van der Waals surface area contributed by atoms with E-state index in [2.05, 4.69) is 5.32 Å². The molecule has 94 valence electrons. The van der Waals surface area contributed by atoms with E-state index in [1.807, 2.05) is 0 Å². The number of hydrogen-bond donors (Lipinski definition) is 1. The van der Waals surface area contributed by atoms with Gasteiger partial charge in [-0.1, -0.05) is 0 Å². The molecule has 1 heterocycles. The second-order valence-corrected chi connectivity index (χ2v) is 6.44. The zero-order chi connectivity index (χ0) is 12.5. The normalized spacial score (nSPS) is 16.6. The largest absolute Gasteiger partial charge is 0.497 e. The molecule has 4 nitrogen and oxygen atoms in total. The fraction of sp³-hybridized carbons (Fsp3) is 0.500. The van der Waals surface area contributed by atoms with Crippen molar-refractivity contribution in [3.8, 4) is 5.75 Å². The lowest BCUT2D eigenvalue weighted by Crippen LogP contribution is -2.45. The molecule has 0 saturated carbocycles. The van der Waals surface area contributed by atoms with Crippen molar-refractivity contribution < 1.29 is 13.2 Å². The number of rotatable bonds is 4. The Morgan fingerprint density at radius 1 is 1.41 bits per heavy atom. The van der Waals surface area contributed by atoms with Gasteiger partial charge in [-0.2, -0.15) is 0 Å². The van der Waals surface area contributed by atoms with Crippen LogP contribution in [0.1, 0.15) is 5.56 Å². The molecule has 0 atom stereocenters. The molecule has 1 aliphatic heterocycles. The van der Waals surface area contributed by atoms with Crippen molar-refractivity contribution in [2.75, 3.05) is 26.0 Å². The minimum absolute atomic E-state index is 0.229. The van der Waals surface area contributed by atoms with Gasteiger partial charge < -0.3 is 10.1 Å². The second-order valence-electron chi connectivity index (χ2n) is 4.44. The summed E-state index contributed by atoms with van der Waals surface area (Å²) >= 11 is 0. The summed E-state index contributed by atoms with van der Waals surface area (Å²) in [6.45, 7) is 3.40. The molecule has 0 spiro atoms. The number of methoxy groups -OCH3 is 1. The van der Waals surface area contributed by atoms with Crippen molar-refractivity contribution in [2.24, 2.45) is 5.92 Å². The van der Waals surface area contributed by atoms with Gasteiger partial charge in [0.15, 0.2) is 9.84 Å². The average Bonchev–Trinajstić information content (AvgIpc) is 2.23. The number of benzene rings is 1. The smallest absolute Gasteiger partial charge is 0.179 e. The molecule has 1 fully saturated rings. The highest BCUT2D eigenvalue weighted by Crippen LogP contribution is 2.23. The van der Waals surface area contributed by atoms with Crippen LogP contribution in [-0.4, -0.2) is 34.4 Å². The second kappa shape index (κ2) is 4.66. The van der Waals surface area contributed by atoms with Gasteiger partial charge in [-0.15, -0.1) is 0 Å². The van der Waals surface area contributed by atoms with Gasteiger partial charge in [-0.05, 0) is 36.6 Å². The first-order valence-corrected chi connectivity index (χ1v) is 7.26. The third kappa shape index (κ3) is 2.61. The van der Waals surface area contributed by atoms with Gasteiger partial charge in [-0.25, -0.2) is 8.42 Å². The standard InChI is InChI=1S/C12H17NO3S/c1-9-5-11(16-2)3-4-12(9)17(14,15)8-10-6-13-7-10/h3-5,10,13H,6-8H2,1-2H3. The van der Waals surface area contributed by atoms with Crippen LogP contribution in [0, 0.1) is 12.8 Å². The van der Waals surface area contributed by atoms with Crippen LogP contribution >= 0.6 is 0 Å². The van der Waals surface area contributed by atoms with E-state index in [9.17, 15) is 8.42 Å². The molecule has 1 aromatic carbocycles. The molecule has 0 radical (unpaired) electrons. The topological polar surface area (TPSA) is 55.4 Å². The van der Waals surface area contributed by atoms with E-state index in [0.717, 1.165) is 18.7 Å². The first-order valence-electron chi connectivity index (χ1n) is 5.61. The van der Waals surface area contributed by atoms with Gasteiger partial charge in [0.2, 0.25) is 0 Å². The van der Waals surface area contributed by atoms with Crippen LogP contribution in [0.3, 0.4) is 0 Å². The number of nitrogens with one attached hydrogen (secondary N) is 1. The van der Waals surface area contributed by atoms with Gasteiger partial charge in [0.1, 0.15) is 5.75 Å². The summed E-state index contributed by atoms with van der Waals surface area (Å²) in [4.78, 5) is 0.421. The van der Waals surface area contributed by atoms with Gasteiger partial charge in [0.25, 0.3) is 0 Å². The SMILES string of the molecule is COc1ccc(S(=O)(=O)CC2CNC2)c(C)c1. The van der Waals surface area contributed by atoms with Crippen LogP contribution in [0.5, 0.6) is 5.75 Å². The summed E-state index contributed by atoms with van der Waals surface area (Å²) in [6.07, 6.45) is 0. The lowest BCUT2D eigenvalue weighted by atomic mass is 10.1. The van der Waals surface area contributed by atoms with E-state index in [1.54, 1.807) is 32.2 Å². The fourth-order valence-corrected chi connectivity index (χ4v) is 3.82. The van der Waals surface area contributed by atoms with Gasteiger partial charge in [0.05, 0.1) is 17.8 Å². The van der Waals surface area contributed by atoms with Gasteiger partial charge in [-0.3, -0.25) is 0 Å². The Morgan fingerprint density at radius 2 is 2.12 bits per heavy atom. The summed E-state index contributed by atoms with van der Waals surface area (Å²) in [7, 11) is -1.60. The maximum Gasteiger partial charge on any atom is 0.179 e. The average molecular weight is 255 g/mol. The van der Waals surface area contributed by atoms with E-state index in [0.29, 0.717) is 10.6 Å². The van der Waals surface area contributed by atoms with Crippen LogP contribution in [0.15, 0.2) is 23.1 Å². The number of hydrogen-bond acceptors (Lipinski definition) is 4. The summed E-state index contributed by atoms with van der Waals surface area (Å²) in [6, 6.07) is 5.08. The van der Waals surface area contributed by atoms with Crippen molar-refractivity contribution in [1.82, 2.24) is 5.32 Å². The maximum absolute atomic E-state index is 12.2. The number of ether oxygens (including phenoxy) is 1. The maximum atomic E-state index is 12.2. The van der Waals surface area contributed by atoms with E-state index in [4.69, 9.17) is 4.74 Å². The Balaban J connectivity index is 2.25. The van der Waals surface area contributed by atoms with Gasteiger partial charge >= 0.3 is 0 Å². The Labute approximate surface area is 102 Å². The van der Waals surface area contributed by atoms with E-state index >= 15 is 0 Å². The third-order valence-electron chi connectivity index (χ3n) is 3.04. The monoisotopic (exact) mass is 255 g/mol. The molecular formula is C12H17NO3S. The highest BCUT2D eigenvalue weighted by Gasteiger charge is 2.26. The highest BCUT2D eigenvalue weighted by atomic mass is 32.2. The zero-order valence-electron chi connectivity index (χ0n) is 10.1. The van der Waals surface area contributed by atoms with Crippen LogP contribution in [0.25, 0.3) is 0 Å². The van der Waals surface area contributed by atoms with Crippen molar-refractivity contribution in [1.29, 1.82) is 0 Å². The Kier molecular flexibility index (Phi) is 3.40. The first kappa shape index (κ1) is 12.4. The van der Waals surface area contributed by atoms with E-state index in [-0.39, 0.29) is 11.7 Å². The molecule has 0 bridgehead atoms. The predicted octanol–water partition coefficient (Wildman–Crippen LogP) is 0.997. The van der Waals surface area contributed by atoms with E-state index in [1.165, 1.54) is 0 Å². The first-order chi connectivity index (χ1) is 8.03. The lowest BCUT2D eigenvalue weighted by Gasteiger charge is -2.26. The van der Waals surface area contributed by atoms with Crippen LogP contribution in [0.4, 0.5) is 0 Å². The minimum atomic E-state index is -3.17. The molecule has 0 amide bonds. The Morgan fingerprint density at radius 3 is 2.59 bits per heavy atom. The molecule has 1 aromatic rings. The molecular weight excluding hydrogens is 238 g/mol. The van der Waals surface area contributed by atoms with Crippen molar-refractivity contribution in [3.05, 3.63) is 23.8 Å². The molecule has 1 saturated heterocycles. The predicted molar refractivity (Wildman–Crippen MR) is 66.1 cm³/mol. The highest BCUT2D eigenvalue weighted by molar-refractivity contribution is 7.91. The van der Waals surface area contributed by atoms with Crippen LogP contribution < -0.4 is 10.1 Å². The Bertz CT molecular complexity index is 506. The third-order valence-corrected chi connectivity index (χ3v) is 5.08. The molecule has 1 aliphatic rings. The van der Waals surface area contributed by atoms with Crippen molar-refractivity contribution in [2.45, 2.75) is 11.8 Å². The molecule has 1 N–H and O–H groups in total. The number of sulfone groups is 1. The molecule has 5 heteroatoms. The molecule has 0 unspecified atom stereocenters. The number of aryl methyl sites for hydroxylation is 1. The quantitative estimate of drug-likeness (QED) is 0.872. The lowest BCUT2D eigenvalue weighted by molar-refractivity contribution is 0.378. The summed E-state index contributed by atoms with van der Waals surface area (Å²) in [5, 5.41) is 3.08. The fourth-order valence-electron chi connectivity index (χ4n) is 1.96.